The summed E-state index contributed by atoms with van der Waals surface area (Å²) in [5.41, 5.74) is 3.21. The van der Waals surface area contributed by atoms with Crippen molar-refractivity contribution in [1.29, 1.82) is 0 Å². The average molecular weight is 366 g/mol. The molecule has 0 heterocycles. The number of fused-ring (bicyclic) bond motifs is 1. The Balaban J connectivity index is 1.87. The standard InChI is InChI=1S/C23H23FO3/c1-22(2)13-23(3,4)18-12-15(7-9-17(18)22)20(25)10-6-14-5-8-16(21(26)27)19(24)11-14/h5-12H,13H2,1-4H3,(H,26,27)/b10-6+. The van der Waals surface area contributed by atoms with Crippen LogP contribution >= 0.6 is 0 Å². The fourth-order valence-corrected chi connectivity index (χ4v) is 4.22. The van der Waals surface area contributed by atoms with Crippen molar-refractivity contribution in [2.75, 3.05) is 0 Å². The highest BCUT2D eigenvalue weighted by molar-refractivity contribution is 6.07. The van der Waals surface area contributed by atoms with Crippen molar-refractivity contribution in [1.82, 2.24) is 0 Å². The highest BCUT2D eigenvalue weighted by Gasteiger charge is 2.41. The molecule has 0 radical (unpaired) electrons. The van der Waals surface area contributed by atoms with Gasteiger partial charge in [-0.15, -0.1) is 0 Å². The molecule has 0 amide bonds. The molecule has 1 aliphatic carbocycles. The SMILES string of the molecule is CC1(C)CC(C)(C)c2cc(C(=O)/C=C/c3ccc(C(=O)O)c(F)c3)ccc21. The van der Waals surface area contributed by atoms with Gasteiger partial charge in [0.25, 0.3) is 0 Å². The van der Waals surface area contributed by atoms with Crippen LogP contribution in [0.4, 0.5) is 4.39 Å². The number of rotatable bonds is 4. The summed E-state index contributed by atoms with van der Waals surface area (Å²) in [6, 6.07) is 9.62. The molecule has 0 aliphatic heterocycles. The Kier molecular flexibility index (Phi) is 4.54. The molecule has 3 rings (SSSR count). The summed E-state index contributed by atoms with van der Waals surface area (Å²) in [5, 5.41) is 8.87. The van der Waals surface area contributed by atoms with Crippen LogP contribution < -0.4 is 0 Å². The van der Waals surface area contributed by atoms with Crippen LogP contribution in [0.1, 0.15) is 71.5 Å². The fourth-order valence-electron chi connectivity index (χ4n) is 4.22. The predicted molar refractivity (Wildman–Crippen MR) is 104 cm³/mol. The molecule has 0 saturated heterocycles. The van der Waals surface area contributed by atoms with E-state index in [0.717, 1.165) is 12.5 Å². The molecule has 27 heavy (non-hydrogen) atoms. The number of hydrogen-bond acceptors (Lipinski definition) is 2. The smallest absolute Gasteiger partial charge is 0.338 e. The Labute approximate surface area is 158 Å². The van der Waals surface area contributed by atoms with Crippen molar-refractivity contribution in [3.63, 3.8) is 0 Å². The van der Waals surface area contributed by atoms with Gasteiger partial charge in [-0.1, -0.05) is 52.0 Å². The minimum Gasteiger partial charge on any atom is -0.478 e. The van der Waals surface area contributed by atoms with Gasteiger partial charge in [0.15, 0.2) is 5.78 Å². The molecule has 2 aromatic carbocycles. The van der Waals surface area contributed by atoms with E-state index < -0.39 is 11.8 Å². The number of hydrogen-bond donors (Lipinski definition) is 1. The van der Waals surface area contributed by atoms with E-state index in [1.165, 1.54) is 35.4 Å². The van der Waals surface area contributed by atoms with Crippen molar-refractivity contribution in [3.05, 3.63) is 76.1 Å². The zero-order valence-corrected chi connectivity index (χ0v) is 16.0. The lowest BCUT2D eigenvalue weighted by Crippen LogP contribution is -2.18. The first-order valence-electron chi connectivity index (χ1n) is 8.91. The van der Waals surface area contributed by atoms with Crippen LogP contribution in [0.15, 0.2) is 42.5 Å². The quantitative estimate of drug-likeness (QED) is 0.584. The van der Waals surface area contributed by atoms with Gasteiger partial charge in [-0.2, -0.15) is 0 Å². The molecule has 3 nitrogen and oxygen atoms in total. The third-order valence-electron chi connectivity index (χ3n) is 5.30. The number of carboxylic acid groups (broad SMARTS) is 1. The Morgan fingerprint density at radius 2 is 1.67 bits per heavy atom. The average Bonchev–Trinajstić information content (AvgIpc) is 2.76. The first-order valence-corrected chi connectivity index (χ1v) is 8.91. The topological polar surface area (TPSA) is 54.4 Å². The van der Waals surface area contributed by atoms with E-state index >= 15 is 0 Å². The highest BCUT2D eigenvalue weighted by Crippen LogP contribution is 2.49. The maximum Gasteiger partial charge on any atom is 0.338 e. The van der Waals surface area contributed by atoms with E-state index in [4.69, 9.17) is 5.11 Å². The van der Waals surface area contributed by atoms with Crippen molar-refractivity contribution < 1.29 is 19.1 Å². The second-order valence-corrected chi connectivity index (χ2v) is 8.45. The molecule has 0 saturated carbocycles. The second kappa shape index (κ2) is 6.45. The van der Waals surface area contributed by atoms with Gasteiger partial charge in [0.05, 0.1) is 5.56 Å². The third kappa shape index (κ3) is 3.57. The van der Waals surface area contributed by atoms with E-state index in [-0.39, 0.29) is 22.2 Å². The van der Waals surface area contributed by atoms with Crippen molar-refractivity contribution >= 4 is 17.8 Å². The summed E-state index contributed by atoms with van der Waals surface area (Å²) < 4.78 is 13.8. The fraction of sp³-hybridized carbons (Fsp3) is 0.304. The minimum absolute atomic E-state index is 0.00856. The van der Waals surface area contributed by atoms with Crippen molar-refractivity contribution in [3.8, 4) is 0 Å². The highest BCUT2D eigenvalue weighted by atomic mass is 19.1. The lowest BCUT2D eigenvalue weighted by molar-refractivity contribution is 0.0691. The maximum atomic E-state index is 13.8. The van der Waals surface area contributed by atoms with Crippen LogP contribution in [-0.4, -0.2) is 16.9 Å². The molecule has 0 bridgehead atoms. The largest absolute Gasteiger partial charge is 0.478 e. The third-order valence-corrected chi connectivity index (χ3v) is 5.30. The van der Waals surface area contributed by atoms with Crippen molar-refractivity contribution in [2.24, 2.45) is 0 Å². The van der Waals surface area contributed by atoms with E-state index in [1.54, 1.807) is 0 Å². The maximum absolute atomic E-state index is 13.8. The molecular weight excluding hydrogens is 343 g/mol. The first kappa shape index (κ1) is 19.0. The number of carboxylic acids is 1. The van der Waals surface area contributed by atoms with Gasteiger partial charge in [-0.25, -0.2) is 9.18 Å². The lowest BCUT2D eigenvalue weighted by Gasteiger charge is -2.22. The van der Waals surface area contributed by atoms with Gasteiger partial charge in [0.2, 0.25) is 0 Å². The number of aromatic carboxylic acids is 1. The van der Waals surface area contributed by atoms with Crippen LogP contribution in [-0.2, 0) is 10.8 Å². The Morgan fingerprint density at radius 3 is 2.30 bits per heavy atom. The molecule has 0 atom stereocenters. The zero-order chi connectivity index (χ0) is 20.0. The number of carbonyl (C=O) groups is 2. The summed E-state index contributed by atoms with van der Waals surface area (Å²) in [6.45, 7) is 8.82. The van der Waals surface area contributed by atoms with Gasteiger partial charge in [-0.05, 0) is 58.2 Å². The molecule has 0 unspecified atom stereocenters. The van der Waals surface area contributed by atoms with Crippen LogP contribution in [0.2, 0.25) is 0 Å². The molecule has 0 spiro atoms. The lowest BCUT2D eigenvalue weighted by atomic mass is 9.82. The first-order chi connectivity index (χ1) is 12.5. The minimum atomic E-state index is -1.32. The summed E-state index contributed by atoms with van der Waals surface area (Å²) in [6.07, 6.45) is 3.92. The molecule has 4 heteroatoms. The molecule has 0 fully saturated rings. The number of ketones is 1. The van der Waals surface area contributed by atoms with Gasteiger partial charge in [-0.3, -0.25) is 4.79 Å². The number of benzene rings is 2. The van der Waals surface area contributed by atoms with Crippen molar-refractivity contribution in [2.45, 2.75) is 44.9 Å². The molecule has 2 aromatic rings. The molecule has 140 valence electrons. The van der Waals surface area contributed by atoms with Crippen LogP contribution in [0.3, 0.4) is 0 Å². The van der Waals surface area contributed by atoms with E-state index in [0.29, 0.717) is 11.1 Å². The Bertz CT molecular complexity index is 968. The number of carbonyl (C=O) groups excluding carboxylic acids is 1. The van der Waals surface area contributed by atoms with Crippen LogP contribution in [0.25, 0.3) is 6.08 Å². The molecule has 1 N–H and O–H groups in total. The van der Waals surface area contributed by atoms with Crippen LogP contribution in [0, 0.1) is 5.82 Å². The van der Waals surface area contributed by atoms with E-state index in [2.05, 4.69) is 27.7 Å². The molecule has 1 aliphatic rings. The number of halogens is 1. The zero-order valence-electron chi connectivity index (χ0n) is 16.0. The predicted octanol–water partition coefficient (Wildman–Crippen LogP) is 5.38. The molecular formula is C23H23FO3. The molecule has 0 aromatic heterocycles. The van der Waals surface area contributed by atoms with Gasteiger partial charge in [0.1, 0.15) is 5.82 Å². The summed E-state index contributed by atoms with van der Waals surface area (Å²) in [4.78, 5) is 23.4. The number of allylic oxidation sites excluding steroid dienone is 1. The Hall–Kier alpha value is -2.75. The normalized spacial score (nSPS) is 17.1. The van der Waals surface area contributed by atoms with Gasteiger partial charge in [0, 0.05) is 5.56 Å². The van der Waals surface area contributed by atoms with Gasteiger partial charge < -0.3 is 5.11 Å². The monoisotopic (exact) mass is 366 g/mol. The van der Waals surface area contributed by atoms with E-state index in [9.17, 15) is 14.0 Å². The summed E-state index contributed by atoms with van der Waals surface area (Å²) >= 11 is 0. The van der Waals surface area contributed by atoms with Gasteiger partial charge >= 0.3 is 5.97 Å². The van der Waals surface area contributed by atoms with E-state index in [1.807, 2.05) is 18.2 Å². The second-order valence-electron chi connectivity index (χ2n) is 8.45. The van der Waals surface area contributed by atoms with Crippen LogP contribution in [0.5, 0.6) is 0 Å². The Morgan fingerprint density at radius 1 is 1.00 bits per heavy atom. The summed E-state index contributed by atoms with van der Waals surface area (Å²) in [7, 11) is 0. The summed E-state index contributed by atoms with van der Waals surface area (Å²) in [5.74, 6) is -2.30.